The molecule has 1 aliphatic rings. The lowest BCUT2D eigenvalue weighted by Crippen LogP contribution is -2.44. The normalized spacial score (nSPS) is 18.0. The first-order valence-electron chi connectivity index (χ1n) is 7.45. The van der Waals surface area contributed by atoms with Crippen molar-refractivity contribution in [1.29, 1.82) is 0 Å². The summed E-state index contributed by atoms with van der Waals surface area (Å²) in [5, 5.41) is 13.6. The van der Waals surface area contributed by atoms with E-state index < -0.39 is 0 Å². The number of nitrogens with one attached hydrogen (secondary N) is 1. The predicted octanol–water partition coefficient (Wildman–Crippen LogP) is 2.00. The van der Waals surface area contributed by atoms with Crippen LogP contribution in [0.4, 0.5) is 0 Å². The number of carbonyl (C=O) groups excluding carboxylic acids is 1. The first-order valence-corrected chi connectivity index (χ1v) is 7.45. The van der Waals surface area contributed by atoms with Crippen LogP contribution in [0.3, 0.4) is 0 Å². The van der Waals surface area contributed by atoms with Gasteiger partial charge < -0.3 is 20.1 Å². The van der Waals surface area contributed by atoms with Crippen molar-refractivity contribution in [3.05, 3.63) is 23.8 Å². The van der Waals surface area contributed by atoms with Gasteiger partial charge in [-0.25, -0.2) is 0 Å². The highest BCUT2D eigenvalue weighted by atomic mass is 16.5. The van der Waals surface area contributed by atoms with Crippen molar-refractivity contribution in [3.8, 4) is 11.5 Å². The van der Waals surface area contributed by atoms with E-state index in [0.29, 0.717) is 23.9 Å². The minimum atomic E-state index is -0.157. The molecule has 0 bridgehead atoms. The van der Waals surface area contributed by atoms with Crippen molar-refractivity contribution >= 4 is 5.91 Å². The van der Waals surface area contributed by atoms with E-state index in [2.05, 4.69) is 5.32 Å². The van der Waals surface area contributed by atoms with Crippen molar-refractivity contribution in [2.75, 3.05) is 20.2 Å². The molecule has 1 aromatic rings. The van der Waals surface area contributed by atoms with Gasteiger partial charge in [-0.2, -0.15) is 0 Å². The maximum atomic E-state index is 12.7. The molecule has 0 radical (unpaired) electrons. The van der Waals surface area contributed by atoms with Crippen LogP contribution < -0.4 is 10.1 Å². The average molecular weight is 292 g/mol. The van der Waals surface area contributed by atoms with Crippen molar-refractivity contribution in [1.82, 2.24) is 10.2 Å². The standard InChI is InChI=1S/C16H24N2O3/c1-11(2)18(10-12-6-5-9-17-12)16(20)13-7-4-8-14(21-3)15(13)19/h4,7-8,11-12,17,19H,5-6,9-10H2,1-3H3. The van der Waals surface area contributed by atoms with Gasteiger partial charge in [0.2, 0.25) is 0 Å². The topological polar surface area (TPSA) is 61.8 Å². The maximum absolute atomic E-state index is 12.7. The zero-order valence-electron chi connectivity index (χ0n) is 12.9. The summed E-state index contributed by atoms with van der Waals surface area (Å²) in [6.45, 7) is 5.65. The Kier molecular flexibility index (Phi) is 5.07. The minimum Gasteiger partial charge on any atom is -0.504 e. The van der Waals surface area contributed by atoms with E-state index >= 15 is 0 Å². The molecule has 2 N–H and O–H groups in total. The second kappa shape index (κ2) is 6.80. The second-order valence-corrected chi connectivity index (χ2v) is 5.70. The van der Waals surface area contributed by atoms with Gasteiger partial charge in [0.25, 0.3) is 5.91 Å². The van der Waals surface area contributed by atoms with Gasteiger partial charge in [0.1, 0.15) is 0 Å². The van der Waals surface area contributed by atoms with Gasteiger partial charge in [0.05, 0.1) is 12.7 Å². The summed E-state index contributed by atoms with van der Waals surface area (Å²) in [5.41, 5.74) is 0.293. The van der Waals surface area contributed by atoms with Crippen LogP contribution in [0.5, 0.6) is 11.5 Å². The number of hydrogen-bond acceptors (Lipinski definition) is 4. The van der Waals surface area contributed by atoms with Crippen molar-refractivity contribution in [2.45, 2.75) is 38.8 Å². The number of rotatable bonds is 5. The van der Waals surface area contributed by atoms with Gasteiger partial charge in [-0.1, -0.05) is 6.07 Å². The molecule has 2 rings (SSSR count). The predicted molar refractivity (Wildman–Crippen MR) is 81.9 cm³/mol. The van der Waals surface area contributed by atoms with Crippen LogP contribution in [0.2, 0.25) is 0 Å². The zero-order valence-corrected chi connectivity index (χ0v) is 12.9. The molecule has 0 saturated carbocycles. The monoisotopic (exact) mass is 292 g/mol. The van der Waals surface area contributed by atoms with Crippen LogP contribution in [-0.2, 0) is 0 Å². The van der Waals surface area contributed by atoms with Crippen LogP contribution >= 0.6 is 0 Å². The quantitative estimate of drug-likeness (QED) is 0.871. The number of ether oxygens (including phenoxy) is 1. The summed E-state index contributed by atoms with van der Waals surface area (Å²) in [7, 11) is 1.48. The fourth-order valence-corrected chi connectivity index (χ4v) is 2.69. The first-order chi connectivity index (χ1) is 10.0. The smallest absolute Gasteiger partial charge is 0.258 e. The van der Waals surface area contributed by atoms with Gasteiger partial charge in [0, 0.05) is 18.6 Å². The third-order valence-corrected chi connectivity index (χ3v) is 3.91. The van der Waals surface area contributed by atoms with E-state index in [1.54, 1.807) is 23.1 Å². The van der Waals surface area contributed by atoms with E-state index in [1.165, 1.54) is 7.11 Å². The zero-order chi connectivity index (χ0) is 15.4. The van der Waals surface area contributed by atoms with E-state index in [0.717, 1.165) is 19.4 Å². The lowest BCUT2D eigenvalue weighted by atomic mass is 10.1. The third-order valence-electron chi connectivity index (χ3n) is 3.91. The molecule has 5 heteroatoms. The molecule has 0 spiro atoms. The first kappa shape index (κ1) is 15.6. The SMILES string of the molecule is COc1cccc(C(=O)N(CC2CCCN2)C(C)C)c1O. The van der Waals surface area contributed by atoms with Crippen molar-refractivity contribution in [3.63, 3.8) is 0 Å². The molecule has 0 aromatic heterocycles. The van der Waals surface area contributed by atoms with Gasteiger partial charge in [-0.05, 0) is 45.4 Å². The number of amides is 1. The van der Waals surface area contributed by atoms with Crippen molar-refractivity contribution in [2.24, 2.45) is 0 Å². The molecule has 0 aliphatic carbocycles. The Morgan fingerprint density at radius 1 is 1.52 bits per heavy atom. The average Bonchev–Trinajstić information content (AvgIpc) is 2.97. The summed E-state index contributed by atoms with van der Waals surface area (Å²) in [4.78, 5) is 14.5. The molecular weight excluding hydrogens is 268 g/mol. The molecular formula is C16H24N2O3. The molecule has 116 valence electrons. The fraction of sp³-hybridized carbons (Fsp3) is 0.562. The van der Waals surface area contributed by atoms with Gasteiger partial charge in [0.15, 0.2) is 11.5 Å². The number of phenolic OH excluding ortho intramolecular Hbond substituents is 1. The number of aromatic hydroxyl groups is 1. The largest absolute Gasteiger partial charge is 0.504 e. The highest BCUT2D eigenvalue weighted by Crippen LogP contribution is 2.30. The Hall–Kier alpha value is -1.75. The van der Waals surface area contributed by atoms with Crippen LogP contribution in [0, 0.1) is 0 Å². The number of phenols is 1. The van der Waals surface area contributed by atoms with Crippen molar-refractivity contribution < 1.29 is 14.6 Å². The Labute approximate surface area is 125 Å². The molecule has 1 aliphatic heterocycles. The molecule has 21 heavy (non-hydrogen) atoms. The molecule has 1 saturated heterocycles. The summed E-state index contributed by atoms with van der Waals surface area (Å²) < 4.78 is 5.08. The van der Waals surface area contributed by atoms with E-state index in [-0.39, 0.29) is 17.7 Å². The summed E-state index contributed by atoms with van der Waals surface area (Å²) in [6.07, 6.45) is 2.23. The van der Waals surface area contributed by atoms with Crippen LogP contribution in [0.25, 0.3) is 0 Å². The molecule has 5 nitrogen and oxygen atoms in total. The molecule has 1 unspecified atom stereocenters. The Balaban J connectivity index is 2.21. The number of nitrogens with zero attached hydrogens (tertiary/aromatic N) is 1. The fourth-order valence-electron chi connectivity index (χ4n) is 2.69. The number of methoxy groups -OCH3 is 1. The Morgan fingerprint density at radius 2 is 2.29 bits per heavy atom. The van der Waals surface area contributed by atoms with Gasteiger partial charge in [-0.3, -0.25) is 4.79 Å². The summed E-state index contributed by atoms with van der Waals surface area (Å²) >= 11 is 0. The van der Waals surface area contributed by atoms with E-state index in [9.17, 15) is 9.90 Å². The molecule has 1 aromatic carbocycles. The van der Waals surface area contributed by atoms with Gasteiger partial charge in [-0.15, -0.1) is 0 Å². The summed E-state index contributed by atoms with van der Waals surface area (Å²) in [5.74, 6) is 0.0775. The highest BCUT2D eigenvalue weighted by Gasteiger charge is 2.26. The van der Waals surface area contributed by atoms with Crippen LogP contribution in [0.1, 0.15) is 37.0 Å². The molecule has 1 atom stereocenters. The number of para-hydroxylation sites is 1. The molecule has 1 amide bonds. The lowest BCUT2D eigenvalue weighted by Gasteiger charge is -2.30. The van der Waals surface area contributed by atoms with E-state index in [4.69, 9.17) is 4.74 Å². The number of hydrogen-bond donors (Lipinski definition) is 2. The number of carbonyl (C=O) groups is 1. The second-order valence-electron chi connectivity index (χ2n) is 5.70. The van der Waals surface area contributed by atoms with E-state index in [1.807, 2.05) is 13.8 Å². The van der Waals surface area contributed by atoms with Gasteiger partial charge >= 0.3 is 0 Å². The lowest BCUT2D eigenvalue weighted by molar-refractivity contribution is 0.0685. The third kappa shape index (κ3) is 3.47. The minimum absolute atomic E-state index is 0.0745. The summed E-state index contributed by atoms with van der Waals surface area (Å²) in [6, 6.07) is 5.41. The highest BCUT2D eigenvalue weighted by molar-refractivity contribution is 5.97. The van der Waals surface area contributed by atoms with Crippen LogP contribution in [-0.4, -0.2) is 48.2 Å². The number of benzene rings is 1. The molecule has 1 heterocycles. The Bertz CT molecular complexity index is 496. The van der Waals surface area contributed by atoms with Crippen LogP contribution in [0.15, 0.2) is 18.2 Å². The maximum Gasteiger partial charge on any atom is 0.258 e. The molecule has 1 fully saturated rings. The Morgan fingerprint density at radius 3 is 2.86 bits per heavy atom.